The lowest BCUT2D eigenvalue weighted by molar-refractivity contribution is 0.0951. The van der Waals surface area contributed by atoms with Gasteiger partial charge < -0.3 is 10.1 Å². The van der Waals surface area contributed by atoms with Gasteiger partial charge in [0.2, 0.25) is 0 Å². The Hall–Kier alpha value is -1.75. The Balaban J connectivity index is 1.55. The van der Waals surface area contributed by atoms with Crippen molar-refractivity contribution in [2.24, 2.45) is 0 Å². The molecule has 1 heterocycles. The van der Waals surface area contributed by atoms with E-state index in [1.54, 1.807) is 12.1 Å². The molecule has 1 aliphatic rings. The number of halogens is 2. The zero-order valence-electron chi connectivity index (χ0n) is 15.4. The molecule has 1 fully saturated rings. The normalized spacial score (nSPS) is 14.8. The molecule has 0 spiro atoms. The molecular formula is C21H24Cl2N2O2. The molecule has 0 aromatic heterocycles. The van der Waals surface area contributed by atoms with E-state index in [1.165, 1.54) is 45.0 Å². The maximum Gasteiger partial charge on any atom is 0.251 e. The number of methoxy groups -OCH3 is 1. The van der Waals surface area contributed by atoms with Crippen molar-refractivity contribution in [3.8, 4) is 5.75 Å². The maximum absolute atomic E-state index is 12.4. The lowest BCUT2D eigenvalue weighted by Gasteiger charge is -2.26. The molecule has 6 heteroatoms. The molecule has 144 valence electrons. The first-order chi connectivity index (χ1) is 13.1. The van der Waals surface area contributed by atoms with Crippen LogP contribution in [0.15, 0.2) is 36.4 Å². The smallest absolute Gasteiger partial charge is 0.251 e. The second-order valence-electron chi connectivity index (χ2n) is 6.81. The van der Waals surface area contributed by atoms with E-state index in [2.05, 4.69) is 34.5 Å². The third-order valence-electron chi connectivity index (χ3n) is 4.80. The Kier molecular flexibility index (Phi) is 7.00. The highest BCUT2D eigenvalue weighted by atomic mass is 35.5. The Morgan fingerprint density at radius 1 is 1.04 bits per heavy atom. The molecule has 3 rings (SSSR count). The van der Waals surface area contributed by atoms with Gasteiger partial charge in [-0.2, -0.15) is 0 Å². The van der Waals surface area contributed by atoms with Crippen molar-refractivity contribution in [3.63, 3.8) is 0 Å². The Labute approximate surface area is 170 Å². The highest BCUT2D eigenvalue weighted by Gasteiger charge is 2.14. The zero-order chi connectivity index (χ0) is 19.2. The van der Waals surface area contributed by atoms with E-state index >= 15 is 0 Å². The van der Waals surface area contributed by atoms with Crippen molar-refractivity contribution < 1.29 is 9.53 Å². The van der Waals surface area contributed by atoms with Gasteiger partial charge in [-0.25, -0.2) is 0 Å². The Morgan fingerprint density at radius 3 is 2.22 bits per heavy atom. The summed E-state index contributed by atoms with van der Waals surface area (Å²) in [6.45, 7) is 3.81. The summed E-state index contributed by atoms with van der Waals surface area (Å²) in [5.74, 6) is 0.151. The topological polar surface area (TPSA) is 41.6 Å². The third-order valence-corrected chi connectivity index (χ3v) is 5.36. The van der Waals surface area contributed by atoms with Gasteiger partial charge in [0.15, 0.2) is 5.75 Å². The van der Waals surface area contributed by atoms with Crippen LogP contribution in [0.2, 0.25) is 10.0 Å². The van der Waals surface area contributed by atoms with Gasteiger partial charge in [-0.1, -0.05) is 53.9 Å². The minimum Gasteiger partial charge on any atom is -0.494 e. The summed E-state index contributed by atoms with van der Waals surface area (Å²) in [6.07, 6.45) is 3.94. The number of nitrogens with zero attached hydrogens (tertiary/aromatic N) is 1. The number of rotatable bonds is 6. The van der Waals surface area contributed by atoms with Crippen LogP contribution < -0.4 is 10.1 Å². The predicted molar refractivity (Wildman–Crippen MR) is 110 cm³/mol. The summed E-state index contributed by atoms with van der Waals surface area (Å²) < 4.78 is 5.11. The molecule has 0 radical (unpaired) electrons. The van der Waals surface area contributed by atoms with Crippen LogP contribution in [-0.4, -0.2) is 31.0 Å². The van der Waals surface area contributed by atoms with Crippen LogP contribution in [0.4, 0.5) is 0 Å². The molecule has 0 aliphatic carbocycles. The molecule has 2 aromatic carbocycles. The van der Waals surface area contributed by atoms with Gasteiger partial charge in [0.1, 0.15) is 0 Å². The average molecular weight is 407 g/mol. The number of amides is 1. The van der Waals surface area contributed by atoms with Gasteiger partial charge in [-0.05, 0) is 49.2 Å². The lowest BCUT2D eigenvalue weighted by atomic mass is 10.1. The van der Waals surface area contributed by atoms with E-state index in [4.69, 9.17) is 27.9 Å². The van der Waals surface area contributed by atoms with Crippen LogP contribution in [0.5, 0.6) is 5.75 Å². The molecular weight excluding hydrogens is 383 g/mol. The summed E-state index contributed by atoms with van der Waals surface area (Å²) >= 11 is 12.2. The fourth-order valence-electron chi connectivity index (χ4n) is 3.31. The van der Waals surface area contributed by atoms with Crippen molar-refractivity contribution in [2.45, 2.75) is 32.4 Å². The molecule has 1 N–H and O–H groups in total. The summed E-state index contributed by atoms with van der Waals surface area (Å²) in [5.41, 5.74) is 2.77. The van der Waals surface area contributed by atoms with Gasteiger partial charge in [-0.15, -0.1) is 0 Å². The molecule has 1 aliphatic heterocycles. The number of hydrogen-bond donors (Lipinski definition) is 1. The highest BCUT2D eigenvalue weighted by Crippen LogP contribution is 2.33. The number of piperidine rings is 1. The molecule has 1 amide bonds. The number of ether oxygens (including phenoxy) is 1. The highest BCUT2D eigenvalue weighted by molar-refractivity contribution is 6.37. The van der Waals surface area contributed by atoms with Crippen LogP contribution in [0.25, 0.3) is 0 Å². The van der Waals surface area contributed by atoms with E-state index in [1.807, 2.05) is 0 Å². The van der Waals surface area contributed by atoms with E-state index < -0.39 is 0 Å². The number of nitrogens with one attached hydrogen (secondary N) is 1. The molecule has 0 saturated carbocycles. The molecule has 4 nitrogen and oxygen atoms in total. The van der Waals surface area contributed by atoms with E-state index in [9.17, 15) is 4.79 Å². The summed E-state index contributed by atoms with van der Waals surface area (Å²) in [6, 6.07) is 11.5. The van der Waals surface area contributed by atoms with Crippen LogP contribution in [0.1, 0.15) is 40.7 Å². The Bertz CT molecular complexity index is 764. The van der Waals surface area contributed by atoms with Crippen molar-refractivity contribution >= 4 is 29.1 Å². The molecule has 0 unspecified atom stereocenters. The van der Waals surface area contributed by atoms with Crippen molar-refractivity contribution in [3.05, 3.63) is 63.1 Å². The predicted octanol–water partition coefficient (Wildman–Crippen LogP) is 4.92. The van der Waals surface area contributed by atoms with Crippen LogP contribution >= 0.6 is 23.2 Å². The fourth-order valence-corrected chi connectivity index (χ4v) is 3.95. The van der Waals surface area contributed by atoms with Gasteiger partial charge in [0.05, 0.1) is 17.2 Å². The largest absolute Gasteiger partial charge is 0.494 e. The van der Waals surface area contributed by atoms with Crippen LogP contribution in [0.3, 0.4) is 0 Å². The van der Waals surface area contributed by atoms with Crippen molar-refractivity contribution in [2.75, 3.05) is 20.2 Å². The van der Waals surface area contributed by atoms with E-state index in [-0.39, 0.29) is 5.91 Å². The average Bonchev–Trinajstić information content (AvgIpc) is 2.68. The molecule has 2 aromatic rings. The summed E-state index contributed by atoms with van der Waals surface area (Å²) in [7, 11) is 1.49. The van der Waals surface area contributed by atoms with Crippen LogP contribution in [0, 0.1) is 0 Å². The number of benzene rings is 2. The van der Waals surface area contributed by atoms with Gasteiger partial charge in [-0.3, -0.25) is 9.69 Å². The van der Waals surface area contributed by atoms with E-state index in [0.717, 1.165) is 12.1 Å². The molecule has 1 saturated heterocycles. The zero-order valence-corrected chi connectivity index (χ0v) is 16.9. The van der Waals surface area contributed by atoms with Crippen molar-refractivity contribution in [1.29, 1.82) is 0 Å². The standard InChI is InChI=1S/C21H24Cl2N2O2/c1-27-20-18(22)11-17(12-19(20)23)21(26)24-13-15-5-7-16(8-6-15)14-25-9-3-2-4-10-25/h5-8,11-12H,2-4,9-10,13-14H2,1H3,(H,24,26). The van der Waals surface area contributed by atoms with Gasteiger partial charge >= 0.3 is 0 Å². The number of hydrogen-bond acceptors (Lipinski definition) is 3. The SMILES string of the molecule is COc1c(Cl)cc(C(=O)NCc2ccc(CN3CCCCC3)cc2)cc1Cl. The summed E-state index contributed by atoms with van der Waals surface area (Å²) in [5, 5.41) is 3.53. The minimum atomic E-state index is -0.223. The molecule has 27 heavy (non-hydrogen) atoms. The second-order valence-corrected chi connectivity index (χ2v) is 7.62. The summed E-state index contributed by atoms with van der Waals surface area (Å²) in [4.78, 5) is 14.9. The fraction of sp³-hybridized carbons (Fsp3) is 0.381. The minimum absolute atomic E-state index is 0.223. The maximum atomic E-state index is 12.4. The van der Waals surface area contributed by atoms with Gasteiger partial charge in [0.25, 0.3) is 5.91 Å². The number of likely N-dealkylation sites (tertiary alicyclic amines) is 1. The lowest BCUT2D eigenvalue weighted by Crippen LogP contribution is -2.29. The number of carbonyl (C=O) groups excluding carboxylic acids is 1. The first-order valence-corrected chi connectivity index (χ1v) is 9.94. The second kappa shape index (κ2) is 9.45. The number of carbonyl (C=O) groups is 1. The molecule has 0 atom stereocenters. The first kappa shape index (κ1) is 20.0. The first-order valence-electron chi connectivity index (χ1n) is 9.18. The van der Waals surface area contributed by atoms with E-state index in [0.29, 0.717) is 27.9 Å². The van der Waals surface area contributed by atoms with Crippen LogP contribution in [-0.2, 0) is 13.1 Å². The Morgan fingerprint density at radius 2 is 1.63 bits per heavy atom. The van der Waals surface area contributed by atoms with Gasteiger partial charge in [0, 0.05) is 18.7 Å². The van der Waals surface area contributed by atoms with Crippen molar-refractivity contribution in [1.82, 2.24) is 10.2 Å². The third kappa shape index (κ3) is 5.38. The quantitative estimate of drug-likeness (QED) is 0.739. The monoisotopic (exact) mass is 406 g/mol. The molecule has 0 bridgehead atoms.